The van der Waals surface area contributed by atoms with Gasteiger partial charge < -0.3 is 40.9 Å². The van der Waals surface area contributed by atoms with Crippen LogP contribution in [0.1, 0.15) is 78.9 Å². The number of rotatable bonds is 8. The van der Waals surface area contributed by atoms with E-state index in [0.717, 1.165) is 77.5 Å². The minimum Gasteiger partial charge on any atom is -0.870 e. The van der Waals surface area contributed by atoms with E-state index in [1.54, 1.807) is 33.4 Å². The second-order valence-corrected chi connectivity index (χ2v) is 20.5. The Balaban J connectivity index is 0.000000205. The van der Waals surface area contributed by atoms with Gasteiger partial charge in [0.15, 0.2) is 0 Å². The summed E-state index contributed by atoms with van der Waals surface area (Å²) in [4.78, 5) is 79.9. The van der Waals surface area contributed by atoms with E-state index in [9.17, 15) is 19.2 Å². The number of benzene rings is 2. The zero-order chi connectivity index (χ0) is 49.5. The zero-order valence-corrected chi connectivity index (χ0v) is 43.3. The van der Waals surface area contributed by atoms with E-state index in [1.165, 1.54) is 36.6 Å². The van der Waals surface area contributed by atoms with Crippen molar-refractivity contribution >= 4 is 35.6 Å². The monoisotopic (exact) mass is 980 g/mol. The van der Waals surface area contributed by atoms with Gasteiger partial charge in [-0.3, -0.25) is 34.4 Å². The third-order valence-electron chi connectivity index (χ3n) is 15.9. The quantitative estimate of drug-likeness (QED) is 0.165. The van der Waals surface area contributed by atoms with Gasteiger partial charge in [0, 0.05) is 69.3 Å². The van der Waals surface area contributed by atoms with Crippen LogP contribution in [0.2, 0.25) is 0 Å². The van der Waals surface area contributed by atoms with Gasteiger partial charge in [-0.1, -0.05) is 60.7 Å². The van der Waals surface area contributed by atoms with Crippen molar-refractivity contribution in [2.75, 3.05) is 118 Å². The summed E-state index contributed by atoms with van der Waals surface area (Å²) in [6.07, 6.45) is 15.3. The van der Waals surface area contributed by atoms with Gasteiger partial charge >= 0.3 is 30.9 Å². The molecule has 4 aliphatic heterocycles. The van der Waals surface area contributed by atoms with E-state index in [2.05, 4.69) is 152 Å². The smallest absolute Gasteiger partial charge is 0.870 e. The molecule has 20 heteroatoms. The van der Waals surface area contributed by atoms with Crippen molar-refractivity contribution in [3.05, 3.63) is 108 Å². The molecular weight excluding hydrogens is 908 g/mol. The van der Waals surface area contributed by atoms with Crippen molar-refractivity contribution in [2.45, 2.75) is 73.5 Å². The van der Waals surface area contributed by atoms with E-state index < -0.39 is 0 Å². The van der Waals surface area contributed by atoms with Crippen LogP contribution in [0.25, 0.3) is 0 Å². The van der Waals surface area contributed by atoms with Crippen LogP contribution >= 0.6 is 0 Å². The van der Waals surface area contributed by atoms with Crippen molar-refractivity contribution in [3.63, 3.8) is 0 Å². The molecule has 2 saturated carbocycles. The third-order valence-corrected chi connectivity index (χ3v) is 15.9. The Kier molecular flexibility index (Phi) is 18.7. The Morgan fingerprint density at radius 3 is 1.33 bits per heavy atom. The van der Waals surface area contributed by atoms with Crippen molar-refractivity contribution in [2.24, 2.45) is 0 Å². The molecule has 6 fully saturated rings. The Bertz CT molecular complexity index is 2390. The summed E-state index contributed by atoms with van der Waals surface area (Å²) in [7, 11) is 12.8. The molecular formula is C52H72LiN14O5-. The number of carbonyl (C=O) groups excluding carboxylic acids is 4. The van der Waals surface area contributed by atoms with Crippen molar-refractivity contribution in [1.29, 1.82) is 0 Å². The van der Waals surface area contributed by atoms with Gasteiger partial charge in [-0.05, 0) is 105 Å². The first-order valence-electron chi connectivity index (χ1n) is 24.7. The van der Waals surface area contributed by atoms with Crippen LogP contribution in [0, 0.1) is 0 Å². The summed E-state index contributed by atoms with van der Waals surface area (Å²) in [5, 5.41) is 9.76. The molecule has 72 heavy (non-hydrogen) atoms. The predicted octanol–water partition coefficient (Wildman–Crippen LogP) is 0.746. The maximum absolute atomic E-state index is 13.0. The van der Waals surface area contributed by atoms with Crippen molar-refractivity contribution in [1.82, 2.24) is 60.4 Å². The molecule has 2 aliphatic carbocycles. The second-order valence-electron chi connectivity index (χ2n) is 20.5. The summed E-state index contributed by atoms with van der Waals surface area (Å²) in [5.74, 6) is 0.0264. The fourth-order valence-electron chi connectivity index (χ4n) is 11.2. The number of likely N-dealkylation sites (N-methyl/N-ethyl adjacent to an activating group) is 2. The first-order chi connectivity index (χ1) is 33.7. The molecule has 6 heterocycles. The molecule has 6 aliphatic rings. The standard InChI is InChI=1S/C26H35N7O2.C21H24N5O2.C5H12N2.Li.H2O/c1-30(2)26(20-7-5-4-6-8-20)11-9-25(10-12-26)19-33(24(35)29-25)21-17-27-22(28-18-21)23(34)32-15-13-31(3)14-16-32;1-25(2)21(16-6-4-3-5-7-16)10-8-20(9-11-21)15-26(19(28)24-20)17-12-22-18(14-27)23-13-17;1-7-4-2-6-3-5-7;;/h4-8,17-18H,9-16,19H2,1-3H3,(H,29,35);3-7,12-13H,8-11,15H2,1-2H3,(H,24,28);6H,2-5H2,1H3;;1H2/q;-1;;+1;/p-1. The number of hydrogen-bond donors (Lipinski definition) is 3. The fraction of sp³-hybridized carbons (Fsp3) is 0.538. The fourth-order valence-corrected chi connectivity index (χ4v) is 11.2. The molecule has 5 amide bonds. The number of piperazine rings is 2. The summed E-state index contributed by atoms with van der Waals surface area (Å²) in [6.45, 7) is 8.95. The molecule has 2 spiro atoms. The number of anilines is 2. The van der Waals surface area contributed by atoms with Gasteiger partial charge in [-0.2, -0.15) is 6.29 Å². The number of urea groups is 2. The number of carbonyl (C=O) groups is 3. The van der Waals surface area contributed by atoms with Crippen LogP contribution in [-0.4, -0.2) is 193 Å². The van der Waals surface area contributed by atoms with Crippen LogP contribution in [0.4, 0.5) is 21.0 Å². The van der Waals surface area contributed by atoms with E-state index >= 15 is 0 Å². The summed E-state index contributed by atoms with van der Waals surface area (Å²) < 4.78 is 0. The molecule has 4 aromatic rings. The van der Waals surface area contributed by atoms with Crippen molar-refractivity contribution in [3.8, 4) is 0 Å². The summed E-state index contributed by atoms with van der Waals surface area (Å²) >= 11 is 0. The Labute approximate surface area is 437 Å². The average molecular weight is 980 g/mol. The van der Waals surface area contributed by atoms with Crippen molar-refractivity contribution < 1.29 is 43.5 Å². The molecule has 0 bridgehead atoms. The van der Waals surface area contributed by atoms with Crippen LogP contribution < -0.4 is 44.6 Å². The average Bonchev–Trinajstić information content (AvgIpc) is 3.89. The maximum Gasteiger partial charge on any atom is 1.00 e. The van der Waals surface area contributed by atoms with Gasteiger partial charge in [0.2, 0.25) is 5.82 Å². The number of amides is 5. The molecule has 0 unspecified atom stereocenters. The zero-order valence-electron chi connectivity index (χ0n) is 43.3. The summed E-state index contributed by atoms with van der Waals surface area (Å²) in [6, 6.07) is 21.0. The number of hydrogen-bond acceptors (Lipinski definition) is 14. The van der Waals surface area contributed by atoms with E-state index in [-0.39, 0.29) is 76.1 Å². The van der Waals surface area contributed by atoms with E-state index in [4.69, 9.17) is 0 Å². The van der Waals surface area contributed by atoms with Gasteiger partial charge in [0.05, 0.1) is 60.3 Å². The molecule has 2 aromatic heterocycles. The van der Waals surface area contributed by atoms with Gasteiger partial charge in [-0.25, -0.2) is 19.6 Å². The summed E-state index contributed by atoms with van der Waals surface area (Å²) in [5.41, 5.74) is 3.32. The number of aromatic nitrogens is 4. The molecule has 4 N–H and O–H groups in total. The first-order valence-corrected chi connectivity index (χ1v) is 24.7. The third kappa shape index (κ3) is 12.2. The van der Waals surface area contributed by atoms with Crippen LogP contribution in [-0.2, 0) is 15.9 Å². The number of nitrogens with one attached hydrogen (secondary N) is 3. The molecule has 0 atom stereocenters. The Morgan fingerprint density at radius 1 is 0.583 bits per heavy atom. The number of nitrogens with zero attached hydrogens (tertiary/aromatic N) is 11. The first kappa shape index (κ1) is 55.9. The van der Waals surface area contributed by atoms with E-state index in [0.29, 0.717) is 37.6 Å². The van der Waals surface area contributed by atoms with Crippen LogP contribution in [0.3, 0.4) is 0 Å². The van der Waals surface area contributed by atoms with Gasteiger partial charge in [0.25, 0.3) is 5.91 Å². The van der Waals surface area contributed by atoms with E-state index in [1.807, 2.05) is 6.07 Å². The van der Waals surface area contributed by atoms with Gasteiger partial charge in [-0.15, -0.1) is 0 Å². The Morgan fingerprint density at radius 2 is 0.972 bits per heavy atom. The maximum atomic E-state index is 13.0. The molecule has 0 radical (unpaired) electrons. The topological polar surface area (TPSA) is 209 Å². The minimum atomic E-state index is -0.264. The predicted molar refractivity (Wildman–Crippen MR) is 272 cm³/mol. The Hall–Kier alpha value is -5.36. The second kappa shape index (κ2) is 24.1. The molecule has 10 rings (SSSR count). The molecule has 2 aromatic carbocycles. The SMILES string of the molecule is CN(C)C1(c2ccccc2)CCC2(CC1)CN(c1cnc([C-]=O)nc1)C(=O)N2.CN1CCN(C(=O)c2ncc(N3CC4(CCC(c5ccccc5)(N(C)C)CC4)NC3=O)cn2)CC1.CN1CCNCC1.[Li+].[OH-]. The minimum absolute atomic E-state index is 0. The van der Waals surface area contributed by atoms with Crippen LogP contribution in [0.5, 0.6) is 0 Å². The molecule has 382 valence electrons. The largest absolute Gasteiger partial charge is 1.00 e. The molecule has 19 nitrogen and oxygen atoms in total. The van der Waals surface area contributed by atoms with Crippen LogP contribution in [0.15, 0.2) is 85.5 Å². The van der Waals surface area contributed by atoms with Gasteiger partial charge in [0.1, 0.15) is 0 Å². The molecule has 4 saturated heterocycles. The normalized spacial score (nSPS) is 26.4.